The number of ether oxygens (including phenoxy) is 1. The minimum atomic E-state index is -0.319. The van der Waals surface area contributed by atoms with Gasteiger partial charge in [-0.2, -0.15) is 0 Å². The molecular formula is C17H25ClN4O3. The third-order valence-electron chi connectivity index (χ3n) is 4.17. The first-order valence-corrected chi connectivity index (χ1v) is 8.98. The first-order chi connectivity index (χ1) is 12.0. The van der Waals surface area contributed by atoms with Crippen molar-refractivity contribution in [1.82, 2.24) is 15.2 Å². The highest BCUT2D eigenvalue weighted by Crippen LogP contribution is 2.18. The molecule has 1 aromatic rings. The van der Waals surface area contributed by atoms with Crippen molar-refractivity contribution < 1.29 is 14.3 Å². The van der Waals surface area contributed by atoms with E-state index in [4.69, 9.17) is 22.1 Å². The second-order valence-corrected chi connectivity index (χ2v) is 6.47. The van der Waals surface area contributed by atoms with Crippen molar-refractivity contribution in [2.75, 3.05) is 32.8 Å². The summed E-state index contributed by atoms with van der Waals surface area (Å²) in [7, 11) is 0. The van der Waals surface area contributed by atoms with Crippen LogP contribution in [0.3, 0.4) is 0 Å². The lowest BCUT2D eigenvalue weighted by molar-refractivity contribution is -0.123. The molecule has 8 heteroatoms. The molecule has 1 unspecified atom stereocenters. The fourth-order valence-electron chi connectivity index (χ4n) is 2.89. The fourth-order valence-corrected chi connectivity index (χ4v) is 3.08. The number of rotatable bonds is 8. The maximum Gasteiger partial charge on any atom is 0.271 e. The number of aromatic nitrogens is 1. The minimum absolute atomic E-state index is 0.0624. The molecule has 1 aliphatic rings. The van der Waals surface area contributed by atoms with E-state index in [9.17, 15) is 9.59 Å². The van der Waals surface area contributed by atoms with Crippen LogP contribution in [-0.4, -0.2) is 54.5 Å². The van der Waals surface area contributed by atoms with Gasteiger partial charge in [-0.1, -0.05) is 11.6 Å². The summed E-state index contributed by atoms with van der Waals surface area (Å²) in [6.45, 7) is 5.30. The quantitative estimate of drug-likeness (QED) is 0.677. The molecule has 2 rings (SSSR count). The summed E-state index contributed by atoms with van der Waals surface area (Å²) in [5, 5.41) is 3.12. The Bertz CT molecular complexity index is 612. The number of nitrogens with zero attached hydrogens (tertiary/aromatic N) is 2. The Balaban J connectivity index is 1.77. The monoisotopic (exact) mass is 368 g/mol. The SMILES string of the molecule is CCOc1ccc(Cl)c(C(=O)NCCCN2CCCC(C(N)=O)C2)n1. The van der Waals surface area contributed by atoms with E-state index >= 15 is 0 Å². The highest BCUT2D eigenvalue weighted by Gasteiger charge is 2.23. The molecule has 0 spiro atoms. The number of hydrogen-bond acceptors (Lipinski definition) is 5. The third-order valence-corrected chi connectivity index (χ3v) is 4.48. The lowest BCUT2D eigenvalue weighted by Gasteiger charge is -2.31. The second kappa shape index (κ2) is 9.58. The Labute approximate surface area is 152 Å². The van der Waals surface area contributed by atoms with Crippen LogP contribution in [-0.2, 0) is 4.79 Å². The van der Waals surface area contributed by atoms with E-state index in [1.807, 2.05) is 6.92 Å². The number of amides is 2. The summed E-state index contributed by atoms with van der Waals surface area (Å²) in [6.07, 6.45) is 2.62. The van der Waals surface area contributed by atoms with Crippen LogP contribution in [0.15, 0.2) is 12.1 Å². The molecule has 0 aromatic carbocycles. The maximum absolute atomic E-state index is 12.2. The maximum atomic E-state index is 12.2. The Hall–Kier alpha value is -1.86. The van der Waals surface area contributed by atoms with Crippen LogP contribution in [0.25, 0.3) is 0 Å². The summed E-state index contributed by atoms with van der Waals surface area (Å²) >= 11 is 6.04. The van der Waals surface area contributed by atoms with Crippen molar-refractivity contribution in [2.24, 2.45) is 11.7 Å². The molecule has 138 valence electrons. The first kappa shape index (κ1) is 19.5. The van der Waals surface area contributed by atoms with Gasteiger partial charge in [0.25, 0.3) is 5.91 Å². The average molecular weight is 369 g/mol. The van der Waals surface area contributed by atoms with Crippen molar-refractivity contribution in [1.29, 1.82) is 0 Å². The number of carbonyl (C=O) groups excluding carboxylic acids is 2. The summed E-state index contributed by atoms with van der Waals surface area (Å²) in [5.41, 5.74) is 5.55. The molecule has 25 heavy (non-hydrogen) atoms. The number of halogens is 1. The van der Waals surface area contributed by atoms with Crippen LogP contribution < -0.4 is 15.8 Å². The van der Waals surface area contributed by atoms with Gasteiger partial charge < -0.3 is 20.7 Å². The van der Waals surface area contributed by atoms with E-state index in [-0.39, 0.29) is 23.4 Å². The van der Waals surface area contributed by atoms with Crippen LogP contribution in [0.4, 0.5) is 0 Å². The lowest BCUT2D eigenvalue weighted by Crippen LogP contribution is -2.42. The standard InChI is InChI=1S/C17H25ClN4O3/c1-2-25-14-7-6-13(18)15(21-14)17(24)20-8-4-10-22-9-3-5-12(11-22)16(19)23/h6-7,12H,2-5,8-11H2,1H3,(H2,19,23)(H,20,24). The third kappa shape index (κ3) is 5.86. The molecule has 3 N–H and O–H groups in total. The van der Waals surface area contributed by atoms with E-state index in [0.717, 1.165) is 32.4 Å². The highest BCUT2D eigenvalue weighted by molar-refractivity contribution is 6.33. The molecule has 2 amide bonds. The van der Waals surface area contributed by atoms with Gasteiger partial charge >= 0.3 is 0 Å². The number of nitrogens with one attached hydrogen (secondary N) is 1. The van der Waals surface area contributed by atoms with Crippen LogP contribution in [0, 0.1) is 5.92 Å². The zero-order valence-electron chi connectivity index (χ0n) is 14.5. The highest BCUT2D eigenvalue weighted by atomic mass is 35.5. The molecule has 0 saturated carbocycles. The molecule has 1 aliphatic heterocycles. The molecule has 0 bridgehead atoms. The molecule has 1 fully saturated rings. The van der Waals surface area contributed by atoms with Gasteiger partial charge in [-0.15, -0.1) is 0 Å². The smallest absolute Gasteiger partial charge is 0.271 e. The van der Waals surface area contributed by atoms with Gasteiger partial charge in [0.05, 0.1) is 17.5 Å². The number of primary amides is 1. The van der Waals surface area contributed by atoms with Gasteiger partial charge in [-0.25, -0.2) is 4.98 Å². The molecule has 0 radical (unpaired) electrons. The predicted octanol–water partition coefficient (Wildman–Crippen LogP) is 1.45. The summed E-state index contributed by atoms with van der Waals surface area (Å²) in [5.74, 6) is -0.233. The molecule has 1 aromatic heterocycles. The normalized spacial score (nSPS) is 17.9. The number of nitrogens with two attached hydrogens (primary N) is 1. The molecule has 7 nitrogen and oxygen atoms in total. The van der Waals surface area contributed by atoms with Crippen molar-refractivity contribution >= 4 is 23.4 Å². The van der Waals surface area contributed by atoms with Gasteiger partial charge in [0.2, 0.25) is 11.8 Å². The number of piperidine rings is 1. The van der Waals surface area contributed by atoms with E-state index in [1.54, 1.807) is 12.1 Å². The number of hydrogen-bond donors (Lipinski definition) is 2. The van der Waals surface area contributed by atoms with E-state index in [1.165, 1.54) is 0 Å². The number of pyridine rings is 1. The number of carbonyl (C=O) groups is 2. The Morgan fingerprint density at radius 3 is 3.00 bits per heavy atom. The van der Waals surface area contributed by atoms with Crippen molar-refractivity contribution in [2.45, 2.75) is 26.2 Å². The van der Waals surface area contributed by atoms with Gasteiger partial charge in [0.1, 0.15) is 0 Å². The van der Waals surface area contributed by atoms with Crippen LogP contribution in [0.2, 0.25) is 5.02 Å². The van der Waals surface area contributed by atoms with Crippen LogP contribution in [0.5, 0.6) is 5.88 Å². The van der Waals surface area contributed by atoms with Crippen molar-refractivity contribution in [3.05, 3.63) is 22.8 Å². The minimum Gasteiger partial charge on any atom is -0.478 e. The average Bonchev–Trinajstić information content (AvgIpc) is 2.60. The number of likely N-dealkylation sites (tertiary alicyclic amines) is 1. The van der Waals surface area contributed by atoms with Crippen molar-refractivity contribution in [3.8, 4) is 5.88 Å². The zero-order valence-corrected chi connectivity index (χ0v) is 15.2. The molecule has 2 heterocycles. The topological polar surface area (TPSA) is 97.5 Å². The molecule has 1 saturated heterocycles. The largest absolute Gasteiger partial charge is 0.478 e. The van der Waals surface area contributed by atoms with Crippen molar-refractivity contribution in [3.63, 3.8) is 0 Å². The summed E-state index contributed by atoms with van der Waals surface area (Å²) in [4.78, 5) is 29.9. The van der Waals surface area contributed by atoms with E-state index in [2.05, 4.69) is 15.2 Å². The molecule has 1 atom stereocenters. The second-order valence-electron chi connectivity index (χ2n) is 6.06. The molecular weight excluding hydrogens is 344 g/mol. The lowest BCUT2D eigenvalue weighted by atomic mass is 9.97. The Morgan fingerprint density at radius 2 is 2.28 bits per heavy atom. The fraction of sp³-hybridized carbons (Fsp3) is 0.588. The van der Waals surface area contributed by atoms with Crippen LogP contribution >= 0.6 is 11.6 Å². The van der Waals surface area contributed by atoms with Gasteiger partial charge in [0, 0.05) is 19.2 Å². The van der Waals surface area contributed by atoms with E-state index < -0.39 is 0 Å². The Kier molecular flexibility index (Phi) is 7.46. The van der Waals surface area contributed by atoms with Crippen LogP contribution in [0.1, 0.15) is 36.7 Å². The summed E-state index contributed by atoms with van der Waals surface area (Å²) in [6, 6.07) is 3.24. The zero-order chi connectivity index (χ0) is 18.2. The molecule has 0 aliphatic carbocycles. The van der Waals surface area contributed by atoms with Gasteiger partial charge in [-0.3, -0.25) is 9.59 Å². The summed E-state index contributed by atoms with van der Waals surface area (Å²) < 4.78 is 5.29. The predicted molar refractivity (Wildman–Crippen MR) is 95.7 cm³/mol. The first-order valence-electron chi connectivity index (χ1n) is 8.60. The Morgan fingerprint density at radius 1 is 1.48 bits per heavy atom. The van der Waals surface area contributed by atoms with Gasteiger partial charge in [0.15, 0.2) is 5.69 Å². The van der Waals surface area contributed by atoms with Gasteiger partial charge in [-0.05, 0) is 45.3 Å². The van der Waals surface area contributed by atoms with E-state index in [0.29, 0.717) is 30.6 Å².